The first kappa shape index (κ1) is 21.4. The molecule has 6 heterocycles. The summed E-state index contributed by atoms with van der Waals surface area (Å²) in [5.41, 5.74) is -1.95. The van der Waals surface area contributed by atoms with Crippen LogP contribution in [0.5, 0.6) is 11.5 Å². The van der Waals surface area contributed by atoms with Gasteiger partial charge in [-0.05, 0) is 55.7 Å². The molecule has 1 aliphatic carbocycles. The highest BCUT2D eigenvalue weighted by molar-refractivity contribution is 6.14. The Bertz CT molecular complexity index is 1280. The van der Waals surface area contributed by atoms with E-state index in [0.717, 1.165) is 5.56 Å². The number of ether oxygens (including phenoxy) is 2. The van der Waals surface area contributed by atoms with Crippen molar-refractivity contribution in [3.63, 3.8) is 0 Å². The summed E-state index contributed by atoms with van der Waals surface area (Å²) in [4.78, 5) is 44.9. The zero-order chi connectivity index (χ0) is 24.8. The van der Waals surface area contributed by atoms with Crippen molar-refractivity contribution in [1.29, 1.82) is 0 Å². The van der Waals surface area contributed by atoms with Crippen molar-refractivity contribution in [2.24, 2.45) is 11.3 Å². The van der Waals surface area contributed by atoms with Gasteiger partial charge >= 0.3 is 0 Å². The summed E-state index contributed by atoms with van der Waals surface area (Å²) in [6.07, 6.45) is 4.88. The lowest BCUT2D eigenvalue weighted by atomic mass is 9.57. The first-order valence-corrected chi connectivity index (χ1v) is 12.5. The van der Waals surface area contributed by atoms with E-state index in [0.29, 0.717) is 49.5 Å². The Hall–Kier alpha value is -2.87. The number of nitrogens with one attached hydrogen (secondary N) is 1. The van der Waals surface area contributed by atoms with Crippen LogP contribution in [0.4, 0.5) is 5.69 Å². The maximum Gasteiger partial charge on any atom is 0.251 e. The van der Waals surface area contributed by atoms with E-state index in [1.54, 1.807) is 6.26 Å². The van der Waals surface area contributed by atoms with Crippen molar-refractivity contribution in [2.75, 3.05) is 25.5 Å². The molecule has 5 fully saturated rings. The molecule has 8 heteroatoms. The Kier molecular flexibility index (Phi) is 3.62. The molecular weight excluding hydrogens is 446 g/mol. The van der Waals surface area contributed by atoms with Crippen LogP contribution in [0.2, 0.25) is 0 Å². The van der Waals surface area contributed by atoms with Gasteiger partial charge in [0.2, 0.25) is 5.91 Å². The van der Waals surface area contributed by atoms with Crippen LogP contribution in [-0.4, -0.2) is 64.2 Å². The Morgan fingerprint density at radius 2 is 1.89 bits per heavy atom. The Morgan fingerprint density at radius 1 is 1.11 bits per heavy atom. The number of likely N-dealkylation sites (N-methyl/N-ethyl adjacent to an activating group) is 1. The van der Waals surface area contributed by atoms with Crippen LogP contribution in [0.1, 0.15) is 52.5 Å². The first-order valence-electron chi connectivity index (χ1n) is 12.5. The number of piperazine rings is 1. The average molecular weight is 478 g/mol. The second-order valence-corrected chi connectivity index (χ2v) is 12.4. The van der Waals surface area contributed by atoms with Gasteiger partial charge in [-0.1, -0.05) is 19.9 Å². The molecule has 0 radical (unpaired) electrons. The summed E-state index contributed by atoms with van der Waals surface area (Å²) in [6.45, 7) is 9.44. The highest BCUT2D eigenvalue weighted by Gasteiger charge is 2.80. The number of hydrogen-bond acceptors (Lipinski definition) is 6. The molecule has 4 atom stereocenters. The minimum atomic E-state index is -1.07. The van der Waals surface area contributed by atoms with Gasteiger partial charge in [0, 0.05) is 26.6 Å². The molecule has 1 N–H and O–H groups in total. The number of benzene rings is 1. The van der Waals surface area contributed by atoms with Gasteiger partial charge in [0.1, 0.15) is 5.60 Å². The van der Waals surface area contributed by atoms with Crippen LogP contribution in [0.3, 0.4) is 0 Å². The minimum absolute atomic E-state index is 0.00232. The molecule has 0 aromatic heterocycles. The van der Waals surface area contributed by atoms with Crippen molar-refractivity contribution in [3.05, 3.63) is 30.0 Å². The summed E-state index contributed by atoms with van der Waals surface area (Å²) in [5, 5.41) is 3.16. The number of ketones is 1. The molecule has 3 spiro atoms. The maximum atomic E-state index is 14.1. The van der Waals surface area contributed by atoms with Gasteiger partial charge in [0.05, 0.1) is 22.9 Å². The SMILES string of the molecule is CN1C(=O)[C@]23C[C@H]4C(C)(C)[C@@]5(C[C@@]41CN2CCC3=O)C(=O)Nc1c5ccc2c1OC=CC(C)(C)O2. The molecule has 184 valence electrons. The number of hydrogen-bond donors (Lipinski definition) is 1. The van der Waals surface area contributed by atoms with Gasteiger partial charge in [-0.3, -0.25) is 19.3 Å². The minimum Gasteiger partial charge on any atom is -0.480 e. The molecular formula is C27H31N3O5. The van der Waals surface area contributed by atoms with Crippen molar-refractivity contribution in [3.8, 4) is 11.5 Å². The lowest BCUT2D eigenvalue weighted by molar-refractivity contribution is -0.185. The highest BCUT2D eigenvalue weighted by atomic mass is 16.5. The second-order valence-electron chi connectivity index (χ2n) is 12.4. The van der Waals surface area contributed by atoms with Gasteiger partial charge in [-0.15, -0.1) is 0 Å². The third kappa shape index (κ3) is 2.10. The summed E-state index contributed by atoms with van der Waals surface area (Å²) in [5.74, 6) is 0.962. The molecule has 0 unspecified atom stereocenters. The second kappa shape index (κ2) is 5.91. The number of anilines is 1. The smallest absolute Gasteiger partial charge is 0.251 e. The third-order valence-electron chi connectivity index (χ3n) is 10.3. The molecule has 2 amide bonds. The Morgan fingerprint density at radius 3 is 2.66 bits per heavy atom. The number of piperidine rings is 2. The van der Waals surface area contributed by atoms with Gasteiger partial charge in [-0.2, -0.15) is 0 Å². The quantitative estimate of drug-likeness (QED) is 0.578. The largest absolute Gasteiger partial charge is 0.480 e. The zero-order valence-corrected chi connectivity index (χ0v) is 20.9. The number of rotatable bonds is 0. The fourth-order valence-electron chi connectivity index (χ4n) is 8.55. The zero-order valence-electron chi connectivity index (χ0n) is 20.9. The van der Waals surface area contributed by atoms with E-state index in [4.69, 9.17) is 9.47 Å². The van der Waals surface area contributed by atoms with E-state index < -0.39 is 27.5 Å². The molecule has 1 aromatic carbocycles. The standard InChI is InChI=1S/C27H31N3O5/c1-23(2)9-11-34-20-16(35-23)7-6-15-19(20)28-21(32)26(15)13-25-14-30-10-8-18(31)27(30,22(33)29(25)5)12-17(25)24(26,3)4/h6-7,9,11,17H,8,10,12-14H2,1-5H3,(H,28,32)/t17-,25+,26+,27+/m0/s1. The van der Waals surface area contributed by atoms with Crippen molar-refractivity contribution in [2.45, 2.75) is 69.1 Å². The fraction of sp³-hybridized carbons (Fsp3) is 0.593. The Balaban J connectivity index is 1.42. The molecule has 4 saturated heterocycles. The lowest BCUT2D eigenvalue weighted by Crippen LogP contribution is -2.80. The van der Waals surface area contributed by atoms with Crippen LogP contribution in [-0.2, 0) is 19.8 Å². The van der Waals surface area contributed by atoms with Gasteiger partial charge in [-0.25, -0.2) is 0 Å². The van der Waals surface area contributed by atoms with E-state index in [1.807, 2.05) is 44.0 Å². The molecule has 7 aliphatic rings. The first-order chi connectivity index (χ1) is 16.4. The van der Waals surface area contributed by atoms with Crippen LogP contribution in [0, 0.1) is 11.3 Å². The summed E-state index contributed by atoms with van der Waals surface area (Å²) in [6, 6.07) is 3.89. The lowest BCUT2D eigenvalue weighted by Gasteiger charge is -2.63. The normalized spacial score (nSPS) is 39.5. The van der Waals surface area contributed by atoms with Crippen LogP contribution in [0.15, 0.2) is 24.5 Å². The summed E-state index contributed by atoms with van der Waals surface area (Å²) in [7, 11) is 1.84. The van der Waals surface area contributed by atoms with Crippen LogP contribution in [0.25, 0.3) is 0 Å². The molecule has 1 saturated carbocycles. The Labute approximate surface area is 204 Å². The molecule has 8 nitrogen and oxygen atoms in total. The van der Waals surface area contributed by atoms with Crippen LogP contribution >= 0.6 is 0 Å². The molecule has 1 aromatic rings. The number of Topliss-reactive ketones (excluding diaryl/α,β-unsaturated/α-hetero) is 1. The van der Waals surface area contributed by atoms with Crippen LogP contribution < -0.4 is 14.8 Å². The predicted molar refractivity (Wildman–Crippen MR) is 127 cm³/mol. The van der Waals surface area contributed by atoms with Crippen molar-refractivity contribution >= 4 is 23.3 Å². The van der Waals surface area contributed by atoms with E-state index in [1.165, 1.54) is 0 Å². The van der Waals surface area contributed by atoms with Gasteiger partial charge in [0.15, 0.2) is 22.8 Å². The summed E-state index contributed by atoms with van der Waals surface area (Å²) < 4.78 is 12.2. The molecule has 8 rings (SSSR count). The third-order valence-corrected chi connectivity index (χ3v) is 10.3. The molecule has 35 heavy (non-hydrogen) atoms. The van der Waals surface area contributed by atoms with Crippen molar-refractivity contribution < 1.29 is 23.9 Å². The van der Waals surface area contributed by atoms with Crippen molar-refractivity contribution in [1.82, 2.24) is 9.80 Å². The monoisotopic (exact) mass is 477 g/mol. The molecule has 2 bridgehead atoms. The maximum absolute atomic E-state index is 14.1. The van der Waals surface area contributed by atoms with Gasteiger partial charge < -0.3 is 19.7 Å². The number of amides is 2. The van der Waals surface area contributed by atoms with E-state index in [2.05, 4.69) is 24.1 Å². The number of nitrogens with zero attached hydrogens (tertiary/aromatic N) is 2. The van der Waals surface area contributed by atoms with E-state index in [9.17, 15) is 14.4 Å². The summed E-state index contributed by atoms with van der Waals surface area (Å²) >= 11 is 0. The number of carbonyl (C=O) groups excluding carboxylic acids is 3. The molecule has 6 aliphatic heterocycles. The predicted octanol–water partition coefficient (Wildman–Crippen LogP) is 2.61. The fourth-order valence-corrected chi connectivity index (χ4v) is 8.55. The topological polar surface area (TPSA) is 88.2 Å². The van der Waals surface area contributed by atoms with Gasteiger partial charge in [0.25, 0.3) is 5.91 Å². The van der Waals surface area contributed by atoms with E-state index >= 15 is 0 Å². The number of carbonyl (C=O) groups is 3. The highest BCUT2D eigenvalue weighted by Crippen LogP contribution is 2.72. The number of fused-ring (bicyclic) bond motifs is 5. The van der Waals surface area contributed by atoms with E-state index in [-0.39, 0.29) is 23.5 Å². The average Bonchev–Trinajstić information content (AvgIpc) is 3.29.